The number of hydrogen-bond donors (Lipinski definition) is 1. The summed E-state index contributed by atoms with van der Waals surface area (Å²) in [6, 6.07) is 0.631. The van der Waals surface area contributed by atoms with Gasteiger partial charge in [0.2, 0.25) is 5.91 Å². The minimum absolute atomic E-state index is 0.224. The van der Waals surface area contributed by atoms with Crippen LogP contribution in [0.5, 0.6) is 0 Å². The van der Waals surface area contributed by atoms with Crippen molar-refractivity contribution in [3.63, 3.8) is 0 Å². The molecule has 0 atom stereocenters. The van der Waals surface area contributed by atoms with Crippen molar-refractivity contribution in [1.82, 2.24) is 10.2 Å². The monoisotopic (exact) mass is 272 g/mol. The van der Waals surface area contributed by atoms with Gasteiger partial charge in [-0.25, -0.2) is 0 Å². The van der Waals surface area contributed by atoms with Crippen LogP contribution < -0.4 is 5.32 Å². The maximum atomic E-state index is 11.2. The van der Waals surface area contributed by atoms with E-state index in [9.17, 15) is 4.79 Å². The lowest BCUT2D eigenvalue weighted by Crippen LogP contribution is -2.44. The van der Waals surface area contributed by atoms with Crippen LogP contribution in [-0.2, 0) is 4.79 Å². The summed E-state index contributed by atoms with van der Waals surface area (Å²) in [5.74, 6) is 1.53. The largest absolute Gasteiger partial charge is 0.343 e. The molecule has 1 saturated heterocycles. The molecule has 1 aliphatic heterocycles. The first-order chi connectivity index (χ1) is 8.74. The number of piperidine rings is 1. The summed E-state index contributed by atoms with van der Waals surface area (Å²) in [6.07, 6.45) is 9.78. The number of hydrogen-bond acceptors (Lipinski definition) is 3. The molecule has 0 radical (unpaired) electrons. The second-order valence-corrected chi connectivity index (χ2v) is 6.13. The summed E-state index contributed by atoms with van der Waals surface area (Å²) in [4.78, 5) is 13.2. The minimum atomic E-state index is 0.224. The predicted octanol–water partition coefficient (Wildman–Crippen LogP) is 2.51. The van der Waals surface area contributed by atoms with Gasteiger partial charge in [-0.1, -0.05) is 12.8 Å². The summed E-state index contributed by atoms with van der Waals surface area (Å²) in [6.45, 7) is 4.67. The average Bonchev–Trinajstić information content (AvgIpc) is 2.38. The molecule has 0 aromatic heterocycles. The van der Waals surface area contributed by atoms with Crippen molar-refractivity contribution in [2.45, 2.75) is 51.5 Å². The molecule has 0 bridgehead atoms. The molecule has 4 heteroatoms. The van der Waals surface area contributed by atoms with E-state index in [4.69, 9.17) is 0 Å². The fourth-order valence-corrected chi connectivity index (χ4v) is 2.92. The summed E-state index contributed by atoms with van der Waals surface area (Å²) in [7, 11) is 0. The van der Waals surface area contributed by atoms with Crippen molar-refractivity contribution in [3.8, 4) is 0 Å². The Morgan fingerprint density at radius 3 is 2.50 bits per heavy atom. The third-order valence-corrected chi connectivity index (χ3v) is 4.35. The zero-order chi connectivity index (χ0) is 13.2. The van der Waals surface area contributed by atoms with Gasteiger partial charge < -0.3 is 10.2 Å². The molecule has 106 valence electrons. The van der Waals surface area contributed by atoms with Gasteiger partial charge >= 0.3 is 0 Å². The van der Waals surface area contributed by atoms with E-state index in [2.05, 4.69) is 11.6 Å². The second kappa shape index (κ2) is 9.68. The molecule has 1 heterocycles. The summed E-state index contributed by atoms with van der Waals surface area (Å²) in [5.41, 5.74) is 0. The van der Waals surface area contributed by atoms with E-state index in [1.165, 1.54) is 31.4 Å². The first-order valence-corrected chi connectivity index (χ1v) is 8.61. The topological polar surface area (TPSA) is 32.3 Å². The van der Waals surface area contributed by atoms with Crippen LogP contribution in [0.25, 0.3) is 0 Å². The van der Waals surface area contributed by atoms with Gasteiger partial charge in [-0.15, -0.1) is 0 Å². The van der Waals surface area contributed by atoms with Crippen LogP contribution in [-0.4, -0.2) is 48.5 Å². The van der Waals surface area contributed by atoms with Crippen LogP contribution >= 0.6 is 11.8 Å². The molecule has 1 N–H and O–H groups in total. The van der Waals surface area contributed by atoms with Crippen molar-refractivity contribution in [2.75, 3.05) is 31.6 Å². The number of carbonyl (C=O) groups is 1. The van der Waals surface area contributed by atoms with Crippen molar-refractivity contribution in [1.29, 1.82) is 0 Å². The van der Waals surface area contributed by atoms with Crippen LogP contribution in [0.15, 0.2) is 0 Å². The molecule has 0 aromatic rings. The Kier molecular flexibility index (Phi) is 8.51. The van der Waals surface area contributed by atoms with E-state index in [-0.39, 0.29) is 5.91 Å². The van der Waals surface area contributed by atoms with E-state index in [0.717, 1.165) is 32.5 Å². The maximum absolute atomic E-state index is 11.2. The SMILES string of the molecule is CSCCCCCCNC1CCN(C(C)=O)CC1. The van der Waals surface area contributed by atoms with Gasteiger partial charge in [0.05, 0.1) is 0 Å². The molecule has 0 spiro atoms. The molecule has 1 amide bonds. The molecule has 0 unspecified atom stereocenters. The van der Waals surface area contributed by atoms with Gasteiger partial charge in [0.1, 0.15) is 0 Å². The molecular formula is C14H28N2OS. The molecule has 1 fully saturated rings. The van der Waals surface area contributed by atoms with E-state index in [1.54, 1.807) is 6.92 Å². The van der Waals surface area contributed by atoms with Gasteiger partial charge in [-0.05, 0) is 44.2 Å². The van der Waals surface area contributed by atoms with Crippen LogP contribution in [0.1, 0.15) is 45.4 Å². The molecule has 1 rings (SSSR count). The quantitative estimate of drug-likeness (QED) is 0.689. The van der Waals surface area contributed by atoms with Crippen LogP contribution in [0.2, 0.25) is 0 Å². The molecule has 1 aliphatic rings. The Morgan fingerprint density at radius 1 is 1.22 bits per heavy atom. The molecule has 0 aliphatic carbocycles. The van der Waals surface area contributed by atoms with E-state index >= 15 is 0 Å². The lowest BCUT2D eigenvalue weighted by molar-refractivity contribution is -0.129. The first-order valence-electron chi connectivity index (χ1n) is 7.22. The highest BCUT2D eigenvalue weighted by atomic mass is 32.2. The van der Waals surface area contributed by atoms with Gasteiger partial charge in [0.25, 0.3) is 0 Å². The van der Waals surface area contributed by atoms with Gasteiger partial charge in [0.15, 0.2) is 0 Å². The van der Waals surface area contributed by atoms with Crippen molar-refractivity contribution >= 4 is 17.7 Å². The number of nitrogens with one attached hydrogen (secondary N) is 1. The summed E-state index contributed by atoms with van der Waals surface area (Å²) >= 11 is 1.94. The number of nitrogens with zero attached hydrogens (tertiary/aromatic N) is 1. The van der Waals surface area contributed by atoms with E-state index in [0.29, 0.717) is 6.04 Å². The van der Waals surface area contributed by atoms with Gasteiger partial charge in [0, 0.05) is 26.1 Å². The Balaban J connectivity index is 1.93. The standard InChI is InChI=1S/C14H28N2OS/c1-13(17)16-10-7-14(8-11-16)15-9-5-3-4-6-12-18-2/h14-15H,3-12H2,1-2H3. The highest BCUT2D eigenvalue weighted by molar-refractivity contribution is 7.98. The fourth-order valence-electron chi connectivity index (χ4n) is 2.43. The van der Waals surface area contributed by atoms with Crippen molar-refractivity contribution in [3.05, 3.63) is 0 Å². The summed E-state index contributed by atoms with van der Waals surface area (Å²) in [5, 5.41) is 3.63. The third-order valence-electron chi connectivity index (χ3n) is 3.65. The van der Waals surface area contributed by atoms with Crippen LogP contribution in [0.4, 0.5) is 0 Å². The van der Waals surface area contributed by atoms with Gasteiger partial charge in [-0.2, -0.15) is 11.8 Å². The number of amides is 1. The highest BCUT2D eigenvalue weighted by Gasteiger charge is 2.19. The summed E-state index contributed by atoms with van der Waals surface area (Å²) < 4.78 is 0. The lowest BCUT2D eigenvalue weighted by Gasteiger charge is -2.31. The first kappa shape index (κ1) is 15.8. The maximum Gasteiger partial charge on any atom is 0.219 e. The Morgan fingerprint density at radius 2 is 1.89 bits per heavy atom. The Hall–Kier alpha value is -0.220. The molecular weight excluding hydrogens is 244 g/mol. The van der Waals surface area contributed by atoms with Crippen molar-refractivity contribution < 1.29 is 4.79 Å². The molecule has 0 saturated carbocycles. The molecule has 3 nitrogen and oxygen atoms in total. The highest BCUT2D eigenvalue weighted by Crippen LogP contribution is 2.10. The molecule has 0 aromatic carbocycles. The normalized spacial score (nSPS) is 17.1. The van der Waals surface area contributed by atoms with E-state index < -0.39 is 0 Å². The van der Waals surface area contributed by atoms with E-state index in [1.807, 2.05) is 16.7 Å². The lowest BCUT2D eigenvalue weighted by atomic mass is 10.0. The smallest absolute Gasteiger partial charge is 0.219 e. The number of thioether (sulfide) groups is 1. The number of unbranched alkanes of at least 4 members (excludes halogenated alkanes) is 3. The average molecular weight is 272 g/mol. The van der Waals surface area contributed by atoms with Crippen LogP contribution in [0.3, 0.4) is 0 Å². The predicted molar refractivity (Wildman–Crippen MR) is 80.1 cm³/mol. The van der Waals surface area contributed by atoms with Crippen molar-refractivity contribution in [2.24, 2.45) is 0 Å². The third kappa shape index (κ3) is 6.64. The van der Waals surface area contributed by atoms with Gasteiger partial charge in [-0.3, -0.25) is 4.79 Å². The van der Waals surface area contributed by atoms with Crippen LogP contribution in [0, 0.1) is 0 Å². The second-order valence-electron chi connectivity index (χ2n) is 5.14. The zero-order valence-electron chi connectivity index (χ0n) is 11.9. The Bertz CT molecular complexity index is 228. The number of carbonyl (C=O) groups excluding carboxylic acids is 1. The zero-order valence-corrected chi connectivity index (χ0v) is 12.7. The Labute approximate surface area is 116 Å². The fraction of sp³-hybridized carbons (Fsp3) is 0.929. The number of likely N-dealkylation sites (tertiary alicyclic amines) is 1. The minimum Gasteiger partial charge on any atom is -0.343 e. The number of rotatable bonds is 8. The molecule has 18 heavy (non-hydrogen) atoms.